The first-order valence-corrected chi connectivity index (χ1v) is 11.8. The van der Waals surface area contributed by atoms with Gasteiger partial charge >= 0.3 is 0 Å². The van der Waals surface area contributed by atoms with Crippen molar-refractivity contribution in [2.75, 3.05) is 52.4 Å². The van der Waals surface area contributed by atoms with E-state index in [1.54, 1.807) is 14.2 Å². The molecule has 2 N–H and O–H groups in total. The number of rotatable bonds is 8. The number of nitrogens with zero attached hydrogens (tertiary/aromatic N) is 2. The molecule has 1 saturated heterocycles. The smallest absolute Gasteiger partial charge is 0.191 e. The highest BCUT2D eigenvalue weighted by Gasteiger charge is 2.21. The lowest BCUT2D eigenvalue weighted by Gasteiger charge is -2.34. The van der Waals surface area contributed by atoms with E-state index >= 15 is 0 Å². The second-order valence-electron chi connectivity index (χ2n) is 8.46. The van der Waals surface area contributed by atoms with Crippen LogP contribution >= 0.6 is 24.0 Å². The zero-order valence-electron chi connectivity index (χ0n) is 19.9. The van der Waals surface area contributed by atoms with Gasteiger partial charge in [0.15, 0.2) is 5.96 Å². The van der Waals surface area contributed by atoms with E-state index in [-0.39, 0.29) is 24.0 Å². The summed E-state index contributed by atoms with van der Waals surface area (Å²) in [6, 6.07) is 6.47. The standard InChI is InChI=1S/C24H40N4O3.HI/c1-25-24(26-12-15-31-21-8-6-4-5-7-9-21)27-19-10-13-28(14-11-19)20-16-22(29-2)18-23(17-20)30-3;/h16-19,21H,4-15H2,1-3H3,(H2,25,26,27);1H. The number of anilines is 1. The van der Waals surface area contributed by atoms with Crippen molar-refractivity contribution in [2.45, 2.75) is 63.5 Å². The molecule has 1 saturated carbocycles. The lowest BCUT2D eigenvalue weighted by atomic mass is 10.0. The van der Waals surface area contributed by atoms with Crippen molar-refractivity contribution < 1.29 is 14.2 Å². The van der Waals surface area contributed by atoms with Crippen molar-refractivity contribution in [3.8, 4) is 11.5 Å². The van der Waals surface area contributed by atoms with Crippen LogP contribution in [0, 0.1) is 0 Å². The third-order valence-corrected chi connectivity index (χ3v) is 6.31. The van der Waals surface area contributed by atoms with Gasteiger partial charge in [0.1, 0.15) is 11.5 Å². The molecule has 1 aromatic rings. The van der Waals surface area contributed by atoms with E-state index in [0.717, 1.165) is 62.2 Å². The van der Waals surface area contributed by atoms with Gasteiger partial charge in [-0.3, -0.25) is 4.99 Å². The van der Waals surface area contributed by atoms with Crippen LogP contribution in [0.3, 0.4) is 0 Å². The Morgan fingerprint density at radius 3 is 2.16 bits per heavy atom. The predicted molar refractivity (Wildman–Crippen MR) is 142 cm³/mol. The monoisotopic (exact) mass is 560 g/mol. The Balaban J connectivity index is 0.00000363. The third-order valence-electron chi connectivity index (χ3n) is 6.31. The maximum atomic E-state index is 6.08. The molecule has 0 aromatic heterocycles. The summed E-state index contributed by atoms with van der Waals surface area (Å²) in [5.41, 5.74) is 1.15. The normalized spacial score (nSPS) is 18.5. The molecule has 2 aliphatic rings. The first-order chi connectivity index (χ1) is 15.2. The van der Waals surface area contributed by atoms with Crippen LogP contribution in [0.5, 0.6) is 11.5 Å². The van der Waals surface area contributed by atoms with Crippen LogP contribution in [0.25, 0.3) is 0 Å². The van der Waals surface area contributed by atoms with Crippen molar-refractivity contribution in [3.05, 3.63) is 18.2 Å². The van der Waals surface area contributed by atoms with E-state index in [0.29, 0.717) is 12.1 Å². The Hall–Kier alpha value is -1.42. The molecule has 182 valence electrons. The fraction of sp³-hybridized carbons (Fsp3) is 0.708. The molecule has 2 fully saturated rings. The number of piperidine rings is 1. The van der Waals surface area contributed by atoms with E-state index < -0.39 is 0 Å². The molecule has 8 heteroatoms. The molecule has 0 bridgehead atoms. The lowest BCUT2D eigenvalue weighted by Crippen LogP contribution is -2.49. The van der Waals surface area contributed by atoms with Gasteiger partial charge in [-0.2, -0.15) is 0 Å². The van der Waals surface area contributed by atoms with Crippen molar-refractivity contribution in [3.63, 3.8) is 0 Å². The summed E-state index contributed by atoms with van der Waals surface area (Å²) in [7, 11) is 5.21. The maximum absolute atomic E-state index is 6.08. The summed E-state index contributed by atoms with van der Waals surface area (Å²) < 4.78 is 16.9. The van der Waals surface area contributed by atoms with Crippen molar-refractivity contribution in [1.29, 1.82) is 0 Å². The Morgan fingerprint density at radius 2 is 1.59 bits per heavy atom. The number of guanidine groups is 1. The van der Waals surface area contributed by atoms with Crippen LogP contribution in [0.4, 0.5) is 5.69 Å². The molecule has 0 spiro atoms. The van der Waals surface area contributed by atoms with Crippen molar-refractivity contribution in [1.82, 2.24) is 10.6 Å². The lowest BCUT2D eigenvalue weighted by molar-refractivity contribution is 0.0468. The number of ether oxygens (including phenoxy) is 3. The molecule has 1 aliphatic heterocycles. The first-order valence-electron chi connectivity index (χ1n) is 11.8. The number of halogens is 1. The van der Waals surface area contributed by atoms with Gasteiger partial charge < -0.3 is 29.7 Å². The fourth-order valence-corrected chi connectivity index (χ4v) is 4.45. The van der Waals surface area contributed by atoms with E-state index in [9.17, 15) is 0 Å². The van der Waals surface area contributed by atoms with Crippen LogP contribution in [-0.4, -0.2) is 65.6 Å². The minimum Gasteiger partial charge on any atom is -0.497 e. The molecule has 0 unspecified atom stereocenters. The Labute approximate surface area is 210 Å². The van der Waals surface area contributed by atoms with Gasteiger partial charge in [0, 0.05) is 56.6 Å². The van der Waals surface area contributed by atoms with Gasteiger partial charge in [0.2, 0.25) is 0 Å². The van der Waals surface area contributed by atoms with E-state index in [4.69, 9.17) is 14.2 Å². The Kier molecular flexibility index (Phi) is 12.3. The molecule has 1 aromatic carbocycles. The SMILES string of the molecule is CN=C(NCCOC1CCCCCC1)NC1CCN(c2cc(OC)cc(OC)c2)CC1.I. The van der Waals surface area contributed by atoms with Crippen molar-refractivity contribution >= 4 is 35.6 Å². The molecule has 0 atom stereocenters. The fourth-order valence-electron chi connectivity index (χ4n) is 4.45. The van der Waals surface area contributed by atoms with E-state index in [1.807, 2.05) is 13.1 Å². The average molecular weight is 561 g/mol. The zero-order chi connectivity index (χ0) is 21.9. The highest BCUT2D eigenvalue weighted by molar-refractivity contribution is 14.0. The quantitative estimate of drug-likeness (QED) is 0.164. The third kappa shape index (κ3) is 8.50. The van der Waals surface area contributed by atoms with Crippen LogP contribution < -0.4 is 25.0 Å². The first kappa shape index (κ1) is 26.8. The minimum atomic E-state index is 0. The van der Waals surface area contributed by atoms with Crippen LogP contribution in [0.15, 0.2) is 23.2 Å². The summed E-state index contributed by atoms with van der Waals surface area (Å²) in [5, 5.41) is 6.99. The molecular formula is C24H41IN4O3. The van der Waals surface area contributed by atoms with Gasteiger partial charge in [-0.05, 0) is 25.7 Å². The molecular weight excluding hydrogens is 519 g/mol. The summed E-state index contributed by atoms with van der Waals surface area (Å²) in [4.78, 5) is 6.79. The minimum absolute atomic E-state index is 0. The summed E-state index contributed by atoms with van der Waals surface area (Å²) in [6.45, 7) is 3.49. The number of benzene rings is 1. The largest absolute Gasteiger partial charge is 0.497 e. The molecule has 32 heavy (non-hydrogen) atoms. The number of aliphatic imine (C=N–C) groups is 1. The van der Waals surface area contributed by atoms with Crippen LogP contribution in [0.1, 0.15) is 51.4 Å². The Morgan fingerprint density at radius 1 is 0.969 bits per heavy atom. The van der Waals surface area contributed by atoms with Gasteiger partial charge in [0.25, 0.3) is 0 Å². The van der Waals surface area contributed by atoms with Gasteiger partial charge in [-0.25, -0.2) is 0 Å². The molecule has 0 amide bonds. The summed E-state index contributed by atoms with van der Waals surface area (Å²) in [5.74, 6) is 2.52. The molecule has 7 nitrogen and oxygen atoms in total. The van der Waals surface area contributed by atoms with E-state index in [1.165, 1.54) is 38.5 Å². The van der Waals surface area contributed by atoms with Crippen LogP contribution in [0.2, 0.25) is 0 Å². The second kappa shape index (κ2) is 14.7. The maximum Gasteiger partial charge on any atom is 0.191 e. The number of hydrogen-bond acceptors (Lipinski definition) is 5. The average Bonchev–Trinajstić information content (AvgIpc) is 3.10. The number of hydrogen-bond donors (Lipinski definition) is 2. The molecule has 3 rings (SSSR count). The highest BCUT2D eigenvalue weighted by atomic mass is 127. The summed E-state index contributed by atoms with van der Waals surface area (Å²) >= 11 is 0. The molecule has 1 heterocycles. The Bertz CT molecular complexity index is 666. The highest BCUT2D eigenvalue weighted by Crippen LogP contribution is 2.30. The van der Waals surface area contributed by atoms with Crippen molar-refractivity contribution in [2.24, 2.45) is 4.99 Å². The molecule has 0 radical (unpaired) electrons. The van der Waals surface area contributed by atoms with Crippen LogP contribution in [-0.2, 0) is 4.74 Å². The summed E-state index contributed by atoms with van der Waals surface area (Å²) in [6.07, 6.45) is 10.3. The van der Waals surface area contributed by atoms with Gasteiger partial charge in [0.05, 0.1) is 26.9 Å². The molecule has 1 aliphatic carbocycles. The zero-order valence-corrected chi connectivity index (χ0v) is 22.2. The number of nitrogens with one attached hydrogen (secondary N) is 2. The second-order valence-corrected chi connectivity index (χ2v) is 8.46. The topological polar surface area (TPSA) is 67.4 Å². The predicted octanol–water partition coefficient (Wildman–Crippen LogP) is 4.20. The van der Waals surface area contributed by atoms with E-state index in [2.05, 4.69) is 32.7 Å². The van der Waals surface area contributed by atoms with Gasteiger partial charge in [-0.15, -0.1) is 24.0 Å². The number of methoxy groups -OCH3 is 2. The van der Waals surface area contributed by atoms with Gasteiger partial charge in [-0.1, -0.05) is 25.7 Å².